The number of anilines is 1. The molecule has 0 aliphatic carbocycles. The summed E-state index contributed by atoms with van der Waals surface area (Å²) in [6.07, 6.45) is 2.30. The first-order chi connectivity index (χ1) is 10.5. The molecule has 6 heteroatoms. The number of hydrogen-bond acceptors (Lipinski definition) is 3. The zero-order valence-corrected chi connectivity index (χ0v) is 14.5. The Bertz CT molecular complexity index is 557. The molecule has 22 heavy (non-hydrogen) atoms. The quantitative estimate of drug-likeness (QED) is 0.848. The van der Waals surface area contributed by atoms with Crippen molar-refractivity contribution in [2.75, 3.05) is 24.2 Å². The molecule has 1 N–H and O–H groups in total. The first kappa shape index (κ1) is 17.2. The lowest BCUT2D eigenvalue weighted by Crippen LogP contribution is -2.36. The van der Waals surface area contributed by atoms with E-state index >= 15 is 0 Å². The smallest absolute Gasteiger partial charge is 0.234 e. The Morgan fingerprint density at radius 2 is 2.14 bits per heavy atom. The largest absolute Gasteiger partial charge is 0.357 e. The molecule has 0 unspecified atom stereocenters. The normalized spacial score (nSPS) is 15.7. The molecule has 1 aliphatic heterocycles. The summed E-state index contributed by atoms with van der Waals surface area (Å²) in [7, 11) is 0. The van der Waals surface area contributed by atoms with Crippen molar-refractivity contribution < 1.29 is 9.18 Å². The second kappa shape index (κ2) is 7.92. The van der Waals surface area contributed by atoms with E-state index in [1.807, 2.05) is 0 Å². The molecule has 0 radical (unpaired) electrons. The first-order valence-electron chi connectivity index (χ1n) is 7.43. The topological polar surface area (TPSA) is 32.3 Å². The van der Waals surface area contributed by atoms with Crippen molar-refractivity contribution in [2.24, 2.45) is 5.92 Å². The maximum Gasteiger partial charge on any atom is 0.234 e. The number of nitrogens with zero attached hydrogens (tertiary/aromatic N) is 1. The fourth-order valence-corrected chi connectivity index (χ4v) is 3.33. The second-order valence-electron chi connectivity index (χ2n) is 5.74. The zero-order valence-electron chi connectivity index (χ0n) is 12.9. The van der Waals surface area contributed by atoms with Gasteiger partial charge in [0.1, 0.15) is 10.1 Å². The van der Waals surface area contributed by atoms with Crippen molar-refractivity contribution in [3.8, 4) is 0 Å². The molecule has 0 aromatic heterocycles. The highest BCUT2D eigenvalue weighted by Gasteiger charge is 2.18. The minimum absolute atomic E-state index is 0.166. The van der Waals surface area contributed by atoms with Gasteiger partial charge in [0.15, 0.2) is 0 Å². The van der Waals surface area contributed by atoms with Gasteiger partial charge in [0.25, 0.3) is 0 Å². The maximum absolute atomic E-state index is 13.4. The molecule has 1 aliphatic rings. The van der Waals surface area contributed by atoms with Crippen LogP contribution in [0, 0.1) is 18.7 Å². The summed E-state index contributed by atoms with van der Waals surface area (Å²) in [5.41, 5.74) is 1.04. The van der Waals surface area contributed by atoms with Crippen LogP contribution in [0.15, 0.2) is 18.2 Å². The summed E-state index contributed by atoms with van der Waals surface area (Å²) in [6.45, 7) is 5.88. The van der Waals surface area contributed by atoms with Gasteiger partial charge in [-0.2, -0.15) is 0 Å². The van der Waals surface area contributed by atoms with E-state index in [9.17, 15) is 9.18 Å². The van der Waals surface area contributed by atoms with Crippen LogP contribution in [0.1, 0.15) is 25.3 Å². The standard InChI is InChI=1S/C16H21FN2OS2/c1-11-5-7-19(8-6-11)16(21)22-10-15(20)18-13-4-3-12(2)14(17)9-13/h3-4,9,11H,5-8,10H2,1-2H3,(H,18,20). The Hall–Kier alpha value is -1.14. The Balaban J connectivity index is 1.77. The van der Waals surface area contributed by atoms with Gasteiger partial charge in [-0.1, -0.05) is 37.0 Å². The Labute approximate surface area is 140 Å². The minimum atomic E-state index is -0.316. The molecule has 1 fully saturated rings. The van der Waals surface area contributed by atoms with Gasteiger partial charge in [0, 0.05) is 18.8 Å². The fraction of sp³-hybridized carbons (Fsp3) is 0.500. The van der Waals surface area contributed by atoms with Crippen LogP contribution in [0.5, 0.6) is 0 Å². The van der Waals surface area contributed by atoms with Crippen LogP contribution in [0.3, 0.4) is 0 Å². The van der Waals surface area contributed by atoms with Crippen LogP contribution in [-0.4, -0.2) is 34.0 Å². The second-order valence-corrected chi connectivity index (χ2v) is 7.35. The molecule has 3 nitrogen and oxygen atoms in total. The molecular weight excluding hydrogens is 319 g/mol. The number of rotatable bonds is 3. The third kappa shape index (κ3) is 4.95. The highest BCUT2D eigenvalue weighted by molar-refractivity contribution is 8.23. The number of carbonyl (C=O) groups excluding carboxylic acids is 1. The Morgan fingerprint density at radius 1 is 1.45 bits per heavy atom. The first-order valence-corrected chi connectivity index (χ1v) is 8.83. The molecule has 1 saturated heterocycles. The lowest BCUT2D eigenvalue weighted by atomic mass is 10.00. The van der Waals surface area contributed by atoms with Crippen LogP contribution in [0.4, 0.5) is 10.1 Å². The molecule has 1 aromatic carbocycles. The van der Waals surface area contributed by atoms with Gasteiger partial charge in [-0.3, -0.25) is 4.79 Å². The van der Waals surface area contributed by atoms with Gasteiger partial charge in [0.2, 0.25) is 5.91 Å². The molecule has 1 amide bonds. The average Bonchev–Trinajstić information content (AvgIpc) is 2.49. The number of thioether (sulfide) groups is 1. The number of likely N-dealkylation sites (tertiary alicyclic amines) is 1. The van der Waals surface area contributed by atoms with E-state index in [1.165, 1.54) is 17.8 Å². The summed E-state index contributed by atoms with van der Waals surface area (Å²) in [5, 5.41) is 2.70. The third-order valence-electron chi connectivity index (χ3n) is 3.82. The van der Waals surface area contributed by atoms with E-state index in [0.717, 1.165) is 36.2 Å². The third-order valence-corrected chi connectivity index (χ3v) is 5.35. The number of nitrogens with one attached hydrogen (secondary N) is 1. The van der Waals surface area contributed by atoms with Crippen LogP contribution < -0.4 is 5.32 Å². The van der Waals surface area contributed by atoms with Crippen molar-refractivity contribution in [2.45, 2.75) is 26.7 Å². The zero-order chi connectivity index (χ0) is 16.1. The predicted molar refractivity (Wildman–Crippen MR) is 94.8 cm³/mol. The van der Waals surface area contributed by atoms with Crippen LogP contribution in [0.2, 0.25) is 0 Å². The van der Waals surface area contributed by atoms with Crippen molar-refractivity contribution in [3.05, 3.63) is 29.6 Å². The van der Waals surface area contributed by atoms with Gasteiger partial charge < -0.3 is 10.2 Å². The monoisotopic (exact) mass is 340 g/mol. The van der Waals surface area contributed by atoms with Gasteiger partial charge in [-0.05, 0) is 43.4 Å². The Morgan fingerprint density at radius 3 is 2.77 bits per heavy atom. The molecular formula is C16H21FN2OS2. The van der Waals surface area contributed by atoms with Gasteiger partial charge in [-0.15, -0.1) is 0 Å². The predicted octanol–water partition coefficient (Wildman–Crippen LogP) is 3.82. The van der Waals surface area contributed by atoms with Crippen molar-refractivity contribution in [1.29, 1.82) is 0 Å². The summed E-state index contributed by atoms with van der Waals surface area (Å²) < 4.78 is 14.2. The molecule has 1 heterocycles. The number of hydrogen-bond donors (Lipinski definition) is 1. The van der Waals surface area contributed by atoms with E-state index in [-0.39, 0.29) is 17.5 Å². The molecule has 0 bridgehead atoms. The molecule has 0 atom stereocenters. The summed E-state index contributed by atoms with van der Waals surface area (Å²) in [6, 6.07) is 4.69. The van der Waals surface area contributed by atoms with Crippen LogP contribution >= 0.6 is 24.0 Å². The van der Waals surface area contributed by atoms with E-state index < -0.39 is 0 Å². The van der Waals surface area contributed by atoms with E-state index in [0.29, 0.717) is 11.3 Å². The maximum atomic E-state index is 13.4. The lowest BCUT2D eigenvalue weighted by molar-refractivity contribution is -0.113. The lowest BCUT2D eigenvalue weighted by Gasteiger charge is -2.31. The summed E-state index contributed by atoms with van der Waals surface area (Å²) in [5.74, 6) is 0.522. The number of aryl methyl sites for hydroxylation is 1. The number of halogens is 1. The summed E-state index contributed by atoms with van der Waals surface area (Å²) >= 11 is 6.75. The fourth-order valence-electron chi connectivity index (χ4n) is 2.28. The van der Waals surface area contributed by atoms with Gasteiger partial charge in [-0.25, -0.2) is 4.39 Å². The number of thiocarbonyl (C=S) groups is 1. The summed E-state index contributed by atoms with van der Waals surface area (Å²) in [4.78, 5) is 14.1. The molecule has 1 aromatic rings. The number of benzene rings is 1. The minimum Gasteiger partial charge on any atom is -0.357 e. The molecule has 0 spiro atoms. The SMILES string of the molecule is Cc1ccc(NC(=O)CSC(=S)N2CCC(C)CC2)cc1F. The van der Waals surface area contributed by atoms with Crippen LogP contribution in [0.25, 0.3) is 0 Å². The number of piperidine rings is 1. The number of amides is 1. The van der Waals surface area contributed by atoms with Crippen LogP contribution in [-0.2, 0) is 4.79 Å². The van der Waals surface area contributed by atoms with E-state index in [4.69, 9.17) is 12.2 Å². The van der Waals surface area contributed by atoms with Crippen molar-refractivity contribution in [1.82, 2.24) is 4.90 Å². The molecule has 120 valence electrons. The highest BCUT2D eigenvalue weighted by atomic mass is 32.2. The van der Waals surface area contributed by atoms with E-state index in [1.54, 1.807) is 19.1 Å². The van der Waals surface area contributed by atoms with E-state index in [2.05, 4.69) is 17.1 Å². The van der Waals surface area contributed by atoms with Crippen molar-refractivity contribution >= 4 is 39.9 Å². The molecule has 0 saturated carbocycles. The highest BCUT2D eigenvalue weighted by Crippen LogP contribution is 2.20. The van der Waals surface area contributed by atoms with Gasteiger partial charge in [0.05, 0.1) is 5.75 Å². The Kier molecular flexibility index (Phi) is 6.20. The molecule has 2 rings (SSSR count). The average molecular weight is 340 g/mol. The van der Waals surface area contributed by atoms with Gasteiger partial charge >= 0.3 is 0 Å². The van der Waals surface area contributed by atoms with Crippen molar-refractivity contribution in [3.63, 3.8) is 0 Å². The number of carbonyl (C=O) groups is 1.